The molecule has 5 aromatic rings. The molecule has 2 aromatic heterocycles. The second kappa shape index (κ2) is 8.28. The number of hydrogen-bond acceptors (Lipinski definition) is 5. The number of anilines is 1. The second-order valence-electron chi connectivity index (χ2n) is 8.57. The van der Waals surface area contributed by atoms with Crippen molar-refractivity contribution in [3.8, 4) is 22.3 Å². The summed E-state index contributed by atoms with van der Waals surface area (Å²) in [4.78, 5) is 7.19. The largest absolute Gasteiger partial charge is 0.384 e. The molecule has 3 heterocycles. The summed E-state index contributed by atoms with van der Waals surface area (Å²) in [6.45, 7) is 4.11. The quantitative estimate of drug-likeness (QED) is 0.287. The Balaban J connectivity index is 1.37. The van der Waals surface area contributed by atoms with E-state index in [1.54, 1.807) is 0 Å². The molecular formula is C27H25N7. The fraction of sp³-hybridized carbons (Fsp3) is 0.148. The molecular weight excluding hydrogens is 422 g/mol. The molecule has 0 aliphatic carbocycles. The molecule has 7 heteroatoms. The minimum absolute atomic E-state index is 0.0633. The lowest BCUT2D eigenvalue weighted by molar-refractivity contribution is 0.589. The average molecular weight is 448 g/mol. The molecule has 1 fully saturated rings. The third-order valence-corrected chi connectivity index (χ3v) is 6.54. The average Bonchev–Trinajstić information content (AvgIpc) is 3.31. The van der Waals surface area contributed by atoms with Gasteiger partial charge in [0.15, 0.2) is 5.65 Å². The van der Waals surface area contributed by atoms with Gasteiger partial charge in [0.2, 0.25) is 0 Å². The summed E-state index contributed by atoms with van der Waals surface area (Å²) in [6.07, 6.45) is 5.79. The number of piperazine rings is 1. The van der Waals surface area contributed by atoms with E-state index in [1.807, 2.05) is 53.4 Å². The Morgan fingerprint density at radius 3 is 2.38 bits per heavy atom. The summed E-state index contributed by atoms with van der Waals surface area (Å²) < 4.78 is 1.84. The summed E-state index contributed by atoms with van der Waals surface area (Å²) in [5, 5.41) is 17.9. The first kappa shape index (κ1) is 20.4. The van der Waals surface area contributed by atoms with Gasteiger partial charge in [0.05, 0.1) is 6.20 Å². The smallest absolute Gasteiger partial charge is 0.162 e. The normalized spacial score (nSPS) is 14.1. The number of nitrogens with two attached hydrogens (primary N) is 1. The fourth-order valence-electron chi connectivity index (χ4n) is 4.77. The summed E-state index contributed by atoms with van der Waals surface area (Å²) in [5.41, 5.74) is 12.7. The van der Waals surface area contributed by atoms with E-state index in [4.69, 9.17) is 16.1 Å². The van der Waals surface area contributed by atoms with Crippen LogP contribution in [0.5, 0.6) is 0 Å². The minimum Gasteiger partial charge on any atom is -0.384 e. The first-order chi connectivity index (χ1) is 16.7. The Hall–Kier alpha value is -4.23. The van der Waals surface area contributed by atoms with Gasteiger partial charge in [-0.2, -0.15) is 5.10 Å². The number of rotatable bonds is 4. The lowest BCUT2D eigenvalue weighted by Gasteiger charge is -2.29. The number of aromatic nitrogens is 3. The molecule has 6 rings (SSSR count). The second-order valence-corrected chi connectivity index (χ2v) is 8.57. The number of fused-ring (bicyclic) bond motifs is 2. The molecule has 7 nitrogen and oxygen atoms in total. The number of nitrogens with one attached hydrogen (secondary N) is 2. The van der Waals surface area contributed by atoms with Crippen LogP contribution in [-0.4, -0.2) is 46.6 Å². The number of benzene rings is 3. The maximum Gasteiger partial charge on any atom is 0.162 e. The molecule has 0 saturated carbocycles. The molecule has 0 atom stereocenters. The van der Waals surface area contributed by atoms with Crippen LogP contribution in [0.25, 0.3) is 38.7 Å². The standard InChI is InChI=1S/C27H25N7/c28-26(29)24-10-9-23(21-3-1-2-4-22(21)24)25-16-32-34-17-19(15-31-27(25)34)18-5-7-20(8-6-18)33-13-11-30-12-14-33/h1-10,15-17,30H,11-14H2,(H3,28,29). The van der Waals surface area contributed by atoms with Crippen LogP contribution >= 0.6 is 0 Å². The Morgan fingerprint density at radius 1 is 0.853 bits per heavy atom. The van der Waals surface area contributed by atoms with Crippen LogP contribution in [0.1, 0.15) is 5.56 Å². The molecule has 1 saturated heterocycles. The molecule has 0 amide bonds. The van der Waals surface area contributed by atoms with Gasteiger partial charge < -0.3 is 16.0 Å². The molecule has 3 aromatic carbocycles. The maximum atomic E-state index is 7.91. The predicted octanol–water partition coefficient (Wildman–Crippen LogP) is 3.91. The van der Waals surface area contributed by atoms with Gasteiger partial charge in [-0.3, -0.25) is 5.41 Å². The van der Waals surface area contributed by atoms with E-state index < -0.39 is 0 Å². The molecule has 168 valence electrons. The predicted molar refractivity (Wildman–Crippen MR) is 137 cm³/mol. The van der Waals surface area contributed by atoms with Crippen LogP contribution in [0.2, 0.25) is 0 Å². The van der Waals surface area contributed by atoms with Crippen molar-refractivity contribution in [3.05, 3.63) is 84.8 Å². The third kappa shape index (κ3) is 3.47. The van der Waals surface area contributed by atoms with Crippen LogP contribution in [0, 0.1) is 5.41 Å². The van der Waals surface area contributed by atoms with Crippen LogP contribution in [0.15, 0.2) is 79.3 Å². The maximum absolute atomic E-state index is 7.91. The summed E-state index contributed by atoms with van der Waals surface area (Å²) in [5.74, 6) is 0.0633. The van der Waals surface area contributed by atoms with Crippen molar-refractivity contribution < 1.29 is 0 Å². The molecule has 0 spiro atoms. The fourth-order valence-corrected chi connectivity index (χ4v) is 4.77. The van der Waals surface area contributed by atoms with Crippen molar-refractivity contribution in [3.63, 3.8) is 0 Å². The van der Waals surface area contributed by atoms with Crippen molar-refractivity contribution in [2.75, 3.05) is 31.1 Å². The van der Waals surface area contributed by atoms with Crippen LogP contribution in [0.4, 0.5) is 5.69 Å². The highest BCUT2D eigenvalue weighted by Gasteiger charge is 2.15. The first-order valence-electron chi connectivity index (χ1n) is 11.4. The van der Waals surface area contributed by atoms with E-state index in [0.717, 1.165) is 70.4 Å². The van der Waals surface area contributed by atoms with Gasteiger partial charge in [0, 0.05) is 61.0 Å². The Kier molecular flexibility index (Phi) is 4.96. The van der Waals surface area contributed by atoms with E-state index in [0.29, 0.717) is 0 Å². The van der Waals surface area contributed by atoms with Crippen molar-refractivity contribution in [1.82, 2.24) is 19.9 Å². The highest BCUT2D eigenvalue weighted by atomic mass is 15.2. The lowest BCUT2D eigenvalue weighted by atomic mass is 9.96. The Labute approximate surface area is 197 Å². The van der Waals surface area contributed by atoms with Crippen molar-refractivity contribution in [2.45, 2.75) is 0 Å². The van der Waals surface area contributed by atoms with Crippen molar-refractivity contribution in [2.24, 2.45) is 5.73 Å². The summed E-state index contributed by atoms with van der Waals surface area (Å²) >= 11 is 0. The van der Waals surface area contributed by atoms with Crippen molar-refractivity contribution in [1.29, 1.82) is 5.41 Å². The zero-order valence-corrected chi connectivity index (χ0v) is 18.7. The van der Waals surface area contributed by atoms with Crippen LogP contribution in [-0.2, 0) is 0 Å². The van der Waals surface area contributed by atoms with Gasteiger partial charge in [0.1, 0.15) is 5.84 Å². The van der Waals surface area contributed by atoms with Gasteiger partial charge >= 0.3 is 0 Å². The number of hydrogen-bond donors (Lipinski definition) is 3. The third-order valence-electron chi connectivity index (χ3n) is 6.54. The highest BCUT2D eigenvalue weighted by Crippen LogP contribution is 2.33. The number of nitrogens with zero attached hydrogens (tertiary/aromatic N) is 4. The van der Waals surface area contributed by atoms with Crippen LogP contribution < -0.4 is 16.0 Å². The highest BCUT2D eigenvalue weighted by molar-refractivity contribution is 6.12. The monoisotopic (exact) mass is 447 g/mol. The molecule has 0 radical (unpaired) electrons. The van der Waals surface area contributed by atoms with Gasteiger partial charge in [-0.25, -0.2) is 9.50 Å². The van der Waals surface area contributed by atoms with Gasteiger partial charge in [0.25, 0.3) is 0 Å². The van der Waals surface area contributed by atoms with Crippen molar-refractivity contribution >= 4 is 27.9 Å². The summed E-state index contributed by atoms with van der Waals surface area (Å²) in [7, 11) is 0. The molecule has 1 aliphatic rings. The van der Waals surface area contributed by atoms with E-state index in [9.17, 15) is 0 Å². The van der Waals surface area contributed by atoms with E-state index >= 15 is 0 Å². The van der Waals surface area contributed by atoms with E-state index in [2.05, 4.69) is 45.6 Å². The molecule has 1 aliphatic heterocycles. The number of amidine groups is 1. The molecule has 0 unspecified atom stereocenters. The van der Waals surface area contributed by atoms with Gasteiger partial charge in [-0.1, -0.05) is 48.5 Å². The SMILES string of the molecule is N=C(N)c1ccc(-c2cnn3cc(-c4ccc(N5CCNCC5)cc4)cnc23)c2ccccc12. The molecule has 0 bridgehead atoms. The minimum atomic E-state index is 0.0633. The van der Waals surface area contributed by atoms with Gasteiger partial charge in [-0.15, -0.1) is 0 Å². The summed E-state index contributed by atoms with van der Waals surface area (Å²) in [6, 6.07) is 20.6. The molecule has 4 N–H and O–H groups in total. The van der Waals surface area contributed by atoms with Crippen LogP contribution in [0.3, 0.4) is 0 Å². The van der Waals surface area contributed by atoms with E-state index in [1.165, 1.54) is 5.69 Å². The zero-order chi connectivity index (χ0) is 23.1. The number of nitrogen functional groups attached to an aromatic ring is 1. The molecule has 34 heavy (non-hydrogen) atoms. The van der Waals surface area contributed by atoms with Gasteiger partial charge in [-0.05, 0) is 34.0 Å². The topological polar surface area (TPSA) is 95.3 Å². The zero-order valence-electron chi connectivity index (χ0n) is 18.7. The Bertz CT molecular complexity index is 1510. The lowest BCUT2D eigenvalue weighted by Crippen LogP contribution is -2.43. The van der Waals surface area contributed by atoms with E-state index in [-0.39, 0.29) is 5.84 Å². The first-order valence-corrected chi connectivity index (χ1v) is 11.4. The Morgan fingerprint density at radius 2 is 1.62 bits per heavy atom.